The van der Waals surface area contributed by atoms with Crippen molar-refractivity contribution in [2.75, 3.05) is 63.1 Å². The van der Waals surface area contributed by atoms with Crippen LogP contribution in [0.3, 0.4) is 0 Å². The van der Waals surface area contributed by atoms with Crippen LogP contribution in [0.25, 0.3) is 0 Å². The number of nitrogens with zero attached hydrogens (tertiary/aromatic N) is 2. The summed E-state index contributed by atoms with van der Waals surface area (Å²) in [4.78, 5) is 29.4. The van der Waals surface area contributed by atoms with E-state index in [-0.39, 0.29) is 24.9 Å². The molecule has 0 aliphatic carbocycles. The summed E-state index contributed by atoms with van der Waals surface area (Å²) in [5.41, 5.74) is 1.25. The Hall–Kier alpha value is -2.16. The molecule has 32 heavy (non-hydrogen) atoms. The molecule has 1 heterocycles. The number of hydrogen-bond donors (Lipinski definition) is 2. The van der Waals surface area contributed by atoms with Crippen LogP contribution in [-0.2, 0) is 14.3 Å². The van der Waals surface area contributed by atoms with Crippen LogP contribution in [-0.4, -0.2) is 74.1 Å². The van der Waals surface area contributed by atoms with Gasteiger partial charge in [-0.15, -0.1) is 0 Å². The van der Waals surface area contributed by atoms with Gasteiger partial charge in [0.25, 0.3) is 0 Å². The molecule has 0 spiro atoms. The second-order valence-electron chi connectivity index (χ2n) is 7.64. The first kappa shape index (κ1) is 24.5. The normalized spacial score (nSPS) is 14.3. The van der Waals surface area contributed by atoms with E-state index in [4.69, 9.17) is 27.9 Å². The number of benzene rings is 2. The van der Waals surface area contributed by atoms with Crippen LogP contribution >= 0.6 is 23.2 Å². The van der Waals surface area contributed by atoms with Crippen LogP contribution in [0.4, 0.5) is 11.4 Å². The van der Waals surface area contributed by atoms with Crippen LogP contribution < -0.4 is 10.6 Å². The van der Waals surface area contributed by atoms with E-state index in [1.54, 1.807) is 48.5 Å². The number of anilines is 2. The van der Waals surface area contributed by atoms with Crippen LogP contribution in [0.1, 0.15) is 6.42 Å². The highest BCUT2D eigenvalue weighted by Crippen LogP contribution is 2.16. The minimum atomic E-state index is -0.200. The van der Waals surface area contributed by atoms with E-state index >= 15 is 0 Å². The smallest absolute Gasteiger partial charge is 0.238 e. The van der Waals surface area contributed by atoms with Crippen molar-refractivity contribution in [2.24, 2.45) is 0 Å². The zero-order valence-electron chi connectivity index (χ0n) is 17.9. The first-order valence-electron chi connectivity index (χ1n) is 10.6. The molecule has 1 aliphatic rings. The van der Waals surface area contributed by atoms with Crippen molar-refractivity contribution in [1.82, 2.24) is 9.80 Å². The van der Waals surface area contributed by atoms with E-state index in [9.17, 15) is 9.59 Å². The van der Waals surface area contributed by atoms with Crippen LogP contribution in [0, 0.1) is 0 Å². The summed E-state index contributed by atoms with van der Waals surface area (Å²) in [5, 5.41) is 6.78. The number of amides is 2. The van der Waals surface area contributed by atoms with E-state index in [1.807, 2.05) is 4.90 Å². The van der Waals surface area contributed by atoms with Gasteiger partial charge in [-0.25, -0.2) is 0 Å². The Morgan fingerprint density at radius 1 is 0.906 bits per heavy atom. The molecule has 0 aromatic heterocycles. The Morgan fingerprint density at radius 2 is 1.44 bits per heavy atom. The van der Waals surface area contributed by atoms with Gasteiger partial charge < -0.3 is 15.4 Å². The fourth-order valence-corrected chi connectivity index (χ4v) is 3.88. The first-order valence-corrected chi connectivity index (χ1v) is 11.4. The van der Waals surface area contributed by atoms with Crippen molar-refractivity contribution in [1.29, 1.82) is 0 Å². The molecule has 1 fully saturated rings. The van der Waals surface area contributed by atoms with Gasteiger partial charge in [0, 0.05) is 41.1 Å². The number of hydrogen-bond acceptors (Lipinski definition) is 5. The minimum Gasteiger partial charge on any atom is -0.379 e. The van der Waals surface area contributed by atoms with Crippen molar-refractivity contribution in [3.05, 3.63) is 58.6 Å². The topological polar surface area (TPSA) is 73.9 Å². The molecule has 2 N–H and O–H groups in total. The molecular formula is C23H28Cl2N4O3. The summed E-state index contributed by atoms with van der Waals surface area (Å²) in [6, 6.07) is 14.0. The number of nitrogens with one attached hydrogen (secondary N) is 2. The predicted octanol–water partition coefficient (Wildman–Crippen LogP) is 3.59. The average Bonchev–Trinajstić information content (AvgIpc) is 2.74. The summed E-state index contributed by atoms with van der Waals surface area (Å²) < 4.78 is 5.39. The fraction of sp³-hybridized carbons (Fsp3) is 0.391. The maximum atomic E-state index is 12.6. The van der Waals surface area contributed by atoms with Gasteiger partial charge in [0.15, 0.2) is 0 Å². The van der Waals surface area contributed by atoms with Gasteiger partial charge in [-0.1, -0.05) is 35.3 Å². The van der Waals surface area contributed by atoms with E-state index in [0.717, 1.165) is 39.3 Å². The minimum absolute atomic E-state index is 0.0958. The monoisotopic (exact) mass is 478 g/mol. The van der Waals surface area contributed by atoms with E-state index in [1.165, 1.54) is 0 Å². The molecule has 0 saturated carbocycles. The molecular weight excluding hydrogens is 451 g/mol. The molecule has 0 bridgehead atoms. The van der Waals surface area contributed by atoms with Gasteiger partial charge in [-0.2, -0.15) is 0 Å². The van der Waals surface area contributed by atoms with Crippen molar-refractivity contribution < 1.29 is 14.3 Å². The lowest BCUT2D eigenvalue weighted by atomic mass is 10.3. The number of carbonyl (C=O) groups excluding carboxylic acids is 2. The number of morpholine rings is 1. The highest BCUT2D eigenvalue weighted by Gasteiger charge is 2.17. The van der Waals surface area contributed by atoms with Crippen LogP contribution in [0.2, 0.25) is 10.0 Å². The molecule has 0 atom stereocenters. The standard InChI is InChI=1S/C23H28Cl2N4O3/c24-18-4-1-6-20(14-18)26-22(30)16-29(9-3-8-28-10-12-32-13-11-28)17-23(31)27-21-7-2-5-19(25)15-21/h1-2,4-7,14-15H,3,8-13,16-17H2,(H,26,30)(H,27,31). The number of rotatable bonds is 10. The molecule has 1 aliphatic heterocycles. The number of carbonyl (C=O) groups is 2. The van der Waals surface area contributed by atoms with Crippen LogP contribution in [0.15, 0.2) is 48.5 Å². The maximum Gasteiger partial charge on any atom is 0.238 e. The Balaban J connectivity index is 1.55. The maximum absolute atomic E-state index is 12.6. The summed E-state index contributed by atoms with van der Waals surface area (Å²) in [6.45, 7) is 5.00. The summed E-state index contributed by atoms with van der Waals surface area (Å²) >= 11 is 12.0. The Morgan fingerprint density at radius 3 is 1.94 bits per heavy atom. The molecule has 0 radical (unpaired) electrons. The highest BCUT2D eigenvalue weighted by molar-refractivity contribution is 6.31. The Kier molecular flexibility index (Phi) is 9.77. The molecule has 0 unspecified atom stereocenters. The highest BCUT2D eigenvalue weighted by atomic mass is 35.5. The lowest BCUT2D eigenvalue weighted by Gasteiger charge is -2.28. The lowest BCUT2D eigenvalue weighted by Crippen LogP contribution is -2.41. The molecule has 9 heteroatoms. The van der Waals surface area contributed by atoms with Crippen molar-refractivity contribution >= 4 is 46.4 Å². The molecule has 2 amide bonds. The van der Waals surface area contributed by atoms with Gasteiger partial charge >= 0.3 is 0 Å². The third kappa shape index (κ3) is 8.76. The largest absolute Gasteiger partial charge is 0.379 e. The average molecular weight is 479 g/mol. The van der Waals surface area contributed by atoms with Gasteiger partial charge in [0.1, 0.15) is 0 Å². The predicted molar refractivity (Wildman–Crippen MR) is 128 cm³/mol. The summed E-state index contributed by atoms with van der Waals surface area (Å²) in [5.74, 6) is -0.400. The first-order chi connectivity index (χ1) is 15.5. The molecule has 7 nitrogen and oxygen atoms in total. The van der Waals surface area contributed by atoms with Crippen molar-refractivity contribution in [3.8, 4) is 0 Å². The quantitative estimate of drug-likeness (QED) is 0.545. The third-order valence-corrected chi connectivity index (χ3v) is 5.47. The van der Waals surface area contributed by atoms with Crippen molar-refractivity contribution in [3.63, 3.8) is 0 Å². The van der Waals surface area contributed by atoms with Gasteiger partial charge in [-0.3, -0.25) is 19.4 Å². The number of halogens is 2. The second kappa shape index (κ2) is 12.8. The zero-order chi connectivity index (χ0) is 22.8. The van der Waals surface area contributed by atoms with Crippen molar-refractivity contribution in [2.45, 2.75) is 6.42 Å². The summed E-state index contributed by atoms with van der Waals surface area (Å²) in [6.07, 6.45) is 0.842. The van der Waals surface area contributed by atoms with E-state index < -0.39 is 0 Å². The third-order valence-electron chi connectivity index (χ3n) is 5.00. The molecule has 3 rings (SSSR count). The lowest BCUT2D eigenvalue weighted by molar-refractivity contribution is -0.120. The second-order valence-corrected chi connectivity index (χ2v) is 8.51. The van der Waals surface area contributed by atoms with Gasteiger partial charge in [0.05, 0.1) is 26.3 Å². The van der Waals surface area contributed by atoms with E-state index in [2.05, 4.69) is 15.5 Å². The Labute approximate surface area is 198 Å². The molecule has 2 aromatic carbocycles. The molecule has 1 saturated heterocycles. The van der Waals surface area contributed by atoms with E-state index in [0.29, 0.717) is 28.0 Å². The zero-order valence-corrected chi connectivity index (χ0v) is 19.4. The molecule has 2 aromatic rings. The van der Waals surface area contributed by atoms with Gasteiger partial charge in [-0.05, 0) is 49.4 Å². The summed E-state index contributed by atoms with van der Waals surface area (Å²) in [7, 11) is 0. The molecule has 172 valence electrons. The Bertz CT molecular complexity index is 845. The van der Waals surface area contributed by atoms with Crippen LogP contribution in [0.5, 0.6) is 0 Å². The van der Waals surface area contributed by atoms with Gasteiger partial charge in [0.2, 0.25) is 11.8 Å². The number of ether oxygens (including phenoxy) is 1. The fourth-order valence-electron chi connectivity index (χ4n) is 3.50. The SMILES string of the molecule is O=C(CN(CCCN1CCOCC1)CC(=O)Nc1cccc(Cl)c1)Nc1cccc(Cl)c1.